The summed E-state index contributed by atoms with van der Waals surface area (Å²) in [6.07, 6.45) is 11.0. The lowest BCUT2D eigenvalue weighted by atomic mass is 10.0. The zero-order valence-corrected chi connectivity index (χ0v) is 18.3. The molecular weight excluding hydrogens is 398 g/mol. The van der Waals surface area contributed by atoms with Gasteiger partial charge < -0.3 is 4.57 Å². The SMILES string of the molecule is C.CCCCc1cn(Cc2ccc(-c3ccccc3-c3nn[nH]n3)nc2)c(CCCC)n1. The number of imidazole rings is 1. The molecular formula is C25H33N7. The van der Waals surface area contributed by atoms with E-state index in [1.54, 1.807) is 0 Å². The van der Waals surface area contributed by atoms with Gasteiger partial charge in [-0.25, -0.2) is 4.98 Å². The second-order valence-corrected chi connectivity index (χ2v) is 7.82. The van der Waals surface area contributed by atoms with Crippen LogP contribution in [0.1, 0.15) is 64.0 Å². The highest BCUT2D eigenvalue weighted by Crippen LogP contribution is 2.28. The van der Waals surface area contributed by atoms with Crippen molar-refractivity contribution in [2.75, 3.05) is 0 Å². The first kappa shape index (κ1) is 23.3. The van der Waals surface area contributed by atoms with E-state index in [1.807, 2.05) is 30.5 Å². The van der Waals surface area contributed by atoms with Gasteiger partial charge in [-0.3, -0.25) is 4.98 Å². The number of hydrogen-bond acceptors (Lipinski definition) is 5. The predicted octanol–water partition coefficient (Wildman–Crippen LogP) is 5.49. The largest absolute Gasteiger partial charge is 0.330 e. The van der Waals surface area contributed by atoms with E-state index in [0.29, 0.717) is 5.82 Å². The Bertz CT molecular complexity index is 1080. The highest BCUT2D eigenvalue weighted by molar-refractivity contribution is 5.78. The van der Waals surface area contributed by atoms with Crippen molar-refractivity contribution in [2.24, 2.45) is 0 Å². The van der Waals surface area contributed by atoms with Gasteiger partial charge in [-0.2, -0.15) is 5.21 Å². The third-order valence-corrected chi connectivity index (χ3v) is 5.42. The van der Waals surface area contributed by atoms with Gasteiger partial charge >= 0.3 is 0 Å². The molecule has 0 spiro atoms. The number of hydrogen-bond donors (Lipinski definition) is 1. The Labute approximate surface area is 190 Å². The molecule has 0 aliphatic carbocycles. The van der Waals surface area contributed by atoms with Crippen LogP contribution in [0.25, 0.3) is 22.6 Å². The number of H-pyrrole nitrogens is 1. The van der Waals surface area contributed by atoms with Crippen molar-refractivity contribution in [3.63, 3.8) is 0 Å². The van der Waals surface area contributed by atoms with Gasteiger partial charge in [0.05, 0.1) is 17.9 Å². The Balaban J connectivity index is 0.00000289. The standard InChI is InChI=1S/C24H29N7.CH4/c1-3-5-9-19-17-31(23(26-19)12-6-4-2)16-18-13-14-22(25-15-18)20-10-7-8-11-21(20)24-27-29-30-28-24;/h7-8,10-11,13-15,17H,3-6,9,12,16H2,1-2H3,(H,27,28,29,30);1H4. The van der Waals surface area contributed by atoms with Crippen LogP contribution < -0.4 is 0 Å². The van der Waals surface area contributed by atoms with Crippen LogP contribution in [0.2, 0.25) is 0 Å². The molecule has 0 unspecified atom stereocenters. The number of pyridine rings is 1. The summed E-state index contributed by atoms with van der Waals surface area (Å²) in [7, 11) is 0. The second-order valence-electron chi connectivity index (χ2n) is 7.82. The first-order valence-corrected chi connectivity index (χ1v) is 11.1. The molecule has 0 bridgehead atoms. The van der Waals surface area contributed by atoms with Gasteiger partial charge in [-0.1, -0.05) is 64.4 Å². The minimum Gasteiger partial charge on any atom is -0.330 e. The molecule has 7 heteroatoms. The van der Waals surface area contributed by atoms with Crippen LogP contribution in [0.5, 0.6) is 0 Å². The average Bonchev–Trinajstić information content (AvgIpc) is 3.47. The third-order valence-electron chi connectivity index (χ3n) is 5.42. The van der Waals surface area contributed by atoms with Crippen LogP contribution in [0.3, 0.4) is 0 Å². The molecule has 3 aromatic heterocycles. The zero-order valence-electron chi connectivity index (χ0n) is 18.3. The van der Waals surface area contributed by atoms with Crippen molar-refractivity contribution >= 4 is 0 Å². The van der Waals surface area contributed by atoms with Gasteiger partial charge in [0.15, 0.2) is 0 Å². The highest BCUT2D eigenvalue weighted by atomic mass is 15.5. The zero-order chi connectivity index (χ0) is 21.5. The lowest BCUT2D eigenvalue weighted by Crippen LogP contribution is -2.05. The smallest absolute Gasteiger partial charge is 0.205 e. The first-order valence-electron chi connectivity index (χ1n) is 11.1. The highest BCUT2D eigenvalue weighted by Gasteiger charge is 2.12. The number of nitrogens with zero attached hydrogens (tertiary/aromatic N) is 6. The average molecular weight is 432 g/mol. The van der Waals surface area contributed by atoms with E-state index in [0.717, 1.165) is 48.2 Å². The van der Waals surface area contributed by atoms with E-state index < -0.39 is 0 Å². The number of benzene rings is 1. The number of nitrogens with one attached hydrogen (secondary N) is 1. The number of aromatic amines is 1. The predicted molar refractivity (Wildman–Crippen MR) is 128 cm³/mol. The van der Waals surface area contributed by atoms with Crippen LogP contribution in [0.15, 0.2) is 48.8 Å². The van der Waals surface area contributed by atoms with E-state index in [-0.39, 0.29) is 7.43 Å². The summed E-state index contributed by atoms with van der Waals surface area (Å²) in [6, 6.07) is 12.2. The van der Waals surface area contributed by atoms with Crippen LogP contribution in [0, 0.1) is 0 Å². The summed E-state index contributed by atoms with van der Waals surface area (Å²) in [5, 5.41) is 14.4. The topological polar surface area (TPSA) is 85.2 Å². The molecule has 0 aliphatic rings. The molecule has 0 saturated heterocycles. The molecule has 32 heavy (non-hydrogen) atoms. The molecule has 1 aromatic carbocycles. The minimum atomic E-state index is 0. The number of aromatic nitrogens is 7. The number of tetrazole rings is 1. The number of unbranched alkanes of at least 4 members (excludes halogenated alkanes) is 2. The molecule has 0 radical (unpaired) electrons. The third kappa shape index (κ3) is 5.46. The van der Waals surface area contributed by atoms with Crippen molar-refractivity contribution in [3.8, 4) is 22.6 Å². The summed E-state index contributed by atoms with van der Waals surface area (Å²) >= 11 is 0. The maximum absolute atomic E-state index is 4.91. The van der Waals surface area contributed by atoms with Gasteiger partial charge in [0.2, 0.25) is 5.82 Å². The van der Waals surface area contributed by atoms with Crippen LogP contribution >= 0.6 is 0 Å². The van der Waals surface area contributed by atoms with Gasteiger partial charge in [-0.05, 0) is 36.1 Å². The van der Waals surface area contributed by atoms with Crippen molar-refractivity contribution in [1.82, 2.24) is 35.2 Å². The Morgan fingerprint density at radius 1 is 0.938 bits per heavy atom. The molecule has 7 nitrogen and oxygen atoms in total. The lowest BCUT2D eigenvalue weighted by molar-refractivity contribution is 0.677. The molecule has 4 aromatic rings. The Morgan fingerprint density at radius 3 is 2.41 bits per heavy atom. The molecule has 168 valence electrons. The summed E-state index contributed by atoms with van der Waals surface area (Å²) in [5.41, 5.74) is 5.16. The molecule has 4 rings (SSSR count). The minimum absolute atomic E-state index is 0. The monoisotopic (exact) mass is 431 g/mol. The van der Waals surface area contributed by atoms with E-state index in [1.165, 1.54) is 30.8 Å². The molecule has 0 atom stereocenters. The molecule has 0 aliphatic heterocycles. The fourth-order valence-electron chi connectivity index (χ4n) is 3.71. The van der Waals surface area contributed by atoms with Crippen LogP contribution in [-0.4, -0.2) is 35.2 Å². The van der Waals surface area contributed by atoms with Crippen molar-refractivity contribution in [1.29, 1.82) is 0 Å². The molecule has 0 saturated carbocycles. The lowest BCUT2D eigenvalue weighted by Gasteiger charge is -2.09. The maximum Gasteiger partial charge on any atom is 0.205 e. The second kappa shape index (κ2) is 11.3. The molecule has 0 amide bonds. The maximum atomic E-state index is 4.91. The summed E-state index contributed by atoms with van der Waals surface area (Å²) in [4.78, 5) is 9.65. The number of rotatable bonds is 10. The van der Waals surface area contributed by atoms with Crippen molar-refractivity contribution in [3.05, 3.63) is 65.9 Å². The first-order chi connectivity index (χ1) is 15.3. The normalized spacial score (nSPS) is 10.8. The van der Waals surface area contributed by atoms with Gasteiger partial charge in [0, 0.05) is 29.9 Å². The van der Waals surface area contributed by atoms with E-state index in [2.05, 4.69) is 57.4 Å². The Kier molecular flexibility index (Phi) is 8.25. The fraction of sp³-hybridized carbons (Fsp3) is 0.400. The van der Waals surface area contributed by atoms with Crippen LogP contribution in [-0.2, 0) is 19.4 Å². The molecule has 1 N–H and O–H groups in total. The summed E-state index contributed by atoms with van der Waals surface area (Å²) < 4.78 is 2.30. The Hall–Kier alpha value is -3.35. The van der Waals surface area contributed by atoms with E-state index in [4.69, 9.17) is 9.97 Å². The van der Waals surface area contributed by atoms with Gasteiger partial charge in [0.25, 0.3) is 0 Å². The molecule has 0 fully saturated rings. The summed E-state index contributed by atoms with van der Waals surface area (Å²) in [5.74, 6) is 1.75. The van der Waals surface area contributed by atoms with Crippen molar-refractivity contribution in [2.45, 2.75) is 66.3 Å². The summed E-state index contributed by atoms with van der Waals surface area (Å²) in [6.45, 7) is 5.23. The molecule has 3 heterocycles. The van der Waals surface area contributed by atoms with E-state index >= 15 is 0 Å². The number of aryl methyl sites for hydroxylation is 2. The van der Waals surface area contributed by atoms with E-state index in [9.17, 15) is 0 Å². The van der Waals surface area contributed by atoms with Crippen molar-refractivity contribution < 1.29 is 0 Å². The quantitative estimate of drug-likeness (QED) is 0.359. The fourth-order valence-corrected chi connectivity index (χ4v) is 3.71. The Morgan fingerprint density at radius 2 is 1.72 bits per heavy atom. The van der Waals surface area contributed by atoms with Gasteiger partial charge in [-0.15, -0.1) is 10.2 Å². The van der Waals surface area contributed by atoms with Gasteiger partial charge in [0.1, 0.15) is 5.82 Å². The van der Waals surface area contributed by atoms with Crippen LogP contribution in [0.4, 0.5) is 0 Å².